The summed E-state index contributed by atoms with van der Waals surface area (Å²) in [5.74, 6) is 0. The van der Waals surface area contributed by atoms with Crippen LogP contribution in [0.2, 0.25) is 0 Å². The van der Waals surface area contributed by atoms with Crippen molar-refractivity contribution in [3.63, 3.8) is 0 Å². The largest absolute Gasteiger partial charge is 0.326 e. The molecular weight excluding hydrogens is 204 g/mol. The molecule has 5 nitrogen and oxygen atoms in total. The minimum atomic E-state index is -0.0693. The lowest BCUT2D eigenvalue weighted by Gasteiger charge is -1.98. The number of aryl methyl sites for hydroxylation is 1. The Balaban J connectivity index is 2.59. The molecule has 0 amide bonds. The lowest BCUT2D eigenvalue weighted by molar-refractivity contribution is 0.753. The molecule has 0 unspecified atom stereocenters. The zero-order chi connectivity index (χ0) is 11.5. The molecule has 16 heavy (non-hydrogen) atoms. The van der Waals surface area contributed by atoms with Crippen LogP contribution in [0, 0.1) is 0 Å². The van der Waals surface area contributed by atoms with Crippen LogP contribution in [0.4, 0.5) is 0 Å². The van der Waals surface area contributed by atoms with Gasteiger partial charge in [0, 0.05) is 13.6 Å². The molecule has 0 spiro atoms. The molecular formula is C11H14N4O. The molecule has 1 heterocycles. The highest BCUT2D eigenvalue weighted by atomic mass is 16.1. The first-order chi connectivity index (χ1) is 7.76. The number of aromatic nitrogens is 2. The van der Waals surface area contributed by atoms with Crippen LogP contribution < -0.4 is 11.1 Å². The van der Waals surface area contributed by atoms with Gasteiger partial charge in [0.25, 0.3) is 0 Å². The molecule has 0 fully saturated rings. The molecule has 1 aromatic heterocycles. The molecule has 0 aliphatic heterocycles. The van der Waals surface area contributed by atoms with Crippen LogP contribution in [0.25, 0.3) is 11.0 Å². The molecule has 0 saturated heterocycles. The Hall–Kier alpha value is -2.04. The number of imidazole rings is 1. The van der Waals surface area contributed by atoms with Gasteiger partial charge in [-0.05, 0) is 24.6 Å². The second-order valence-electron chi connectivity index (χ2n) is 3.43. The number of benzene rings is 1. The Morgan fingerprint density at radius 2 is 2.38 bits per heavy atom. The summed E-state index contributed by atoms with van der Waals surface area (Å²) >= 11 is 0. The molecule has 0 radical (unpaired) electrons. The lowest BCUT2D eigenvalue weighted by atomic mass is 10.2. The maximum Gasteiger partial charge on any atom is 0.326 e. The van der Waals surface area contributed by atoms with Crippen molar-refractivity contribution in [1.29, 1.82) is 0 Å². The molecule has 0 aliphatic rings. The van der Waals surface area contributed by atoms with Crippen molar-refractivity contribution >= 4 is 17.2 Å². The summed E-state index contributed by atoms with van der Waals surface area (Å²) in [5, 5.41) is 3.94. The van der Waals surface area contributed by atoms with Gasteiger partial charge in [0.15, 0.2) is 0 Å². The number of hydrogen-bond acceptors (Lipinski definition) is 3. The van der Waals surface area contributed by atoms with E-state index in [1.807, 2.05) is 25.1 Å². The number of aromatic amines is 1. The Kier molecular flexibility index (Phi) is 2.76. The molecule has 0 bridgehead atoms. The summed E-state index contributed by atoms with van der Waals surface area (Å²) in [6.07, 6.45) is 1.72. The second kappa shape index (κ2) is 4.22. The van der Waals surface area contributed by atoms with Gasteiger partial charge in [-0.3, -0.25) is 4.57 Å². The van der Waals surface area contributed by atoms with Crippen molar-refractivity contribution in [2.45, 2.75) is 13.5 Å². The number of hydrazone groups is 1. The number of rotatable bonds is 3. The smallest absolute Gasteiger partial charge is 0.313 e. The van der Waals surface area contributed by atoms with Gasteiger partial charge in [-0.1, -0.05) is 6.07 Å². The summed E-state index contributed by atoms with van der Waals surface area (Å²) < 4.78 is 1.70. The van der Waals surface area contributed by atoms with Gasteiger partial charge in [0.1, 0.15) is 0 Å². The van der Waals surface area contributed by atoms with Gasteiger partial charge in [-0.25, -0.2) is 4.79 Å². The SMILES string of the molecule is CCn1c(=O)[nH]c2ccc(/C=N/NC)cc21. The van der Waals surface area contributed by atoms with E-state index >= 15 is 0 Å². The first-order valence-electron chi connectivity index (χ1n) is 5.18. The van der Waals surface area contributed by atoms with Crippen LogP contribution in [-0.4, -0.2) is 22.8 Å². The minimum Gasteiger partial charge on any atom is -0.313 e. The van der Waals surface area contributed by atoms with Crippen LogP contribution in [0.3, 0.4) is 0 Å². The average molecular weight is 218 g/mol. The third-order valence-electron chi connectivity index (χ3n) is 2.46. The van der Waals surface area contributed by atoms with Crippen molar-refractivity contribution in [2.75, 3.05) is 7.05 Å². The quantitative estimate of drug-likeness (QED) is 0.594. The van der Waals surface area contributed by atoms with Crippen LogP contribution in [0.5, 0.6) is 0 Å². The second-order valence-corrected chi connectivity index (χ2v) is 3.43. The fourth-order valence-electron chi connectivity index (χ4n) is 1.70. The topological polar surface area (TPSA) is 62.2 Å². The predicted molar refractivity (Wildman–Crippen MR) is 64.9 cm³/mol. The van der Waals surface area contributed by atoms with Gasteiger partial charge >= 0.3 is 5.69 Å². The van der Waals surface area contributed by atoms with Gasteiger partial charge in [-0.2, -0.15) is 5.10 Å². The van der Waals surface area contributed by atoms with E-state index in [9.17, 15) is 4.79 Å². The van der Waals surface area contributed by atoms with E-state index in [0.717, 1.165) is 16.6 Å². The first-order valence-corrected chi connectivity index (χ1v) is 5.18. The number of hydrogen-bond donors (Lipinski definition) is 2. The maximum atomic E-state index is 11.6. The normalized spacial score (nSPS) is 11.4. The van der Waals surface area contributed by atoms with Crippen LogP contribution in [0.1, 0.15) is 12.5 Å². The highest BCUT2D eigenvalue weighted by Crippen LogP contribution is 2.11. The number of nitrogens with one attached hydrogen (secondary N) is 2. The van der Waals surface area contributed by atoms with E-state index in [-0.39, 0.29) is 5.69 Å². The Morgan fingerprint density at radius 1 is 1.56 bits per heavy atom. The van der Waals surface area contributed by atoms with Crippen molar-refractivity contribution < 1.29 is 0 Å². The Morgan fingerprint density at radius 3 is 3.06 bits per heavy atom. The molecule has 2 aromatic rings. The third kappa shape index (κ3) is 1.71. The monoisotopic (exact) mass is 218 g/mol. The van der Waals surface area contributed by atoms with Crippen molar-refractivity contribution in [1.82, 2.24) is 15.0 Å². The van der Waals surface area contributed by atoms with E-state index in [1.165, 1.54) is 0 Å². The van der Waals surface area contributed by atoms with Crippen LogP contribution in [0.15, 0.2) is 28.1 Å². The summed E-state index contributed by atoms with van der Waals surface area (Å²) in [7, 11) is 1.74. The zero-order valence-electron chi connectivity index (χ0n) is 9.32. The molecule has 0 aliphatic carbocycles. The third-order valence-corrected chi connectivity index (χ3v) is 2.46. The molecule has 1 aromatic carbocycles. The lowest BCUT2D eigenvalue weighted by Crippen LogP contribution is -2.15. The van der Waals surface area contributed by atoms with Crippen LogP contribution >= 0.6 is 0 Å². The average Bonchev–Trinajstić information content (AvgIpc) is 2.61. The highest BCUT2D eigenvalue weighted by molar-refractivity contribution is 5.87. The molecule has 0 saturated carbocycles. The molecule has 84 valence electrons. The van der Waals surface area contributed by atoms with Gasteiger partial charge < -0.3 is 10.4 Å². The van der Waals surface area contributed by atoms with E-state index in [0.29, 0.717) is 6.54 Å². The highest BCUT2D eigenvalue weighted by Gasteiger charge is 2.04. The summed E-state index contributed by atoms with van der Waals surface area (Å²) in [6.45, 7) is 2.61. The summed E-state index contributed by atoms with van der Waals surface area (Å²) in [6, 6.07) is 5.75. The van der Waals surface area contributed by atoms with Crippen LogP contribution in [-0.2, 0) is 6.54 Å². The van der Waals surface area contributed by atoms with E-state index in [1.54, 1.807) is 17.8 Å². The van der Waals surface area contributed by atoms with Gasteiger partial charge in [0.2, 0.25) is 0 Å². The number of H-pyrrole nitrogens is 1. The first kappa shape index (κ1) is 10.5. The van der Waals surface area contributed by atoms with Gasteiger partial charge in [-0.15, -0.1) is 0 Å². The van der Waals surface area contributed by atoms with E-state index in [2.05, 4.69) is 15.5 Å². The zero-order valence-corrected chi connectivity index (χ0v) is 9.32. The van der Waals surface area contributed by atoms with E-state index < -0.39 is 0 Å². The fraction of sp³-hybridized carbons (Fsp3) is 0.273. The fourth-order valence-corrected chi connectivity index (χ4v) is 1.70. The van der Waals surface area contributed by atoms with Crippen molar-refractivity contribution in [2.24, 2.45) is 5.10 Å². The van der Waals surface area contributed by atoms with Gasteiger partial charge in [0.05, 0.1) is 17.2 Å². The van der Waals surface area contributed by atoms with Crippen molar-refractivity contribution in [3.8, 4) is 0 Å². The Bertz CT molecular complexity index is 579. The molecule has 5 heteroatoms. The Labute approximate surface area is 92.8 Å². The summed E-state index contributed by atoms with van der Waals surface area (Å²) in [4.78, 5) is 14.4. The molecule has 2 rings (SSSR count). The van der Waals surface area contributed by atoms with E-state index in [4.69, 9.17) is 0 Å². The standard InChI is InChI=1S/C11H14N4O/c1-3-15-10-6-8(7-13-12-2)4-5-9(10)14-11(15)16/h4-7,12H,3H2,1-2H3,(H,14,16)/b13-7+. The number of fused-ring (bicyclic) bond motifs is 1. The summed E-state index contributed by atoms with van der Waals surface area (Å²) in [5.41, 5.74) is 5.35. The minimum absolute atomic E-state index is 0.0693. The number of nitrogens with zero attached hydrogens (tertiary/aromatic N) is 2. The predicted octanol–water partition coefficient (Wildman–Crippen LogP) is 0.903. The van der Waals surface area contributed by atoms with Crippen molar-refractivity contribution in [3.05, 3.63) is 34.2 Å². The maximum absolute atomic E-state index is 11.6. The molecule has 0 atom stereocenters. The molecule has 2 N–H and O–H groups in total.